The topological polar surface area (TPSA) is 66.8 Å². The molecule has 6 heteroatoms. The molecule has 1 rings (SSSR count). The summed E-state index contributed by atoms with van der Waals surface area (Å²) in [5, 5.41) is 8.75. The summed E-state index contributed by atoms with van der Waals surface area (Å²) in [4.78, 5) is 22.7. The molecule has 5 nitrogen and oxygen atoms in total. The average molecular weight is 266 g/mol. The minimum Gasteiger partial charge on any atom is -0.465 e. The normalized spacial score (nSPS) is 27.1. The first-order valence-electron chi connectivity index (χ1n) is 4.30. The molecular weight excluding hydrogens is 254 g/mol. The van der Waals surface area contributed by atoms with Crippen LogP contribution in [-0.2, 0) is 9.53 Å². The van der Waals surface area contributed by atoms with Crippen LogP contribution in [0.4, 0.5) is 4.79 Å². The van der Waals surface area contributed by atoms with Gasteiger partial charge in [0.15, 0.2) is 0 Å². The predicted octanol–water partition coefficient (Wildman–Crippen LogP) is 1.07. The molecule has 0 aromatic heterocycles. The molecule has 1 saturated heterocycles. The lowest BCUT2D eigenvalue weighted by molar-refractivity contribution is -0.148. The van der Waals surface area contributed by atoms with Crippen molar-refractivity contribution in [1.29, 1.82) is 0 Å². The van der Waals surface area contributed by atoms with Gasteiger partial charge in [0.1, 0.15) is 6.10 Å². The van der Waals surface area contributed by atoms with Gasteiger partial charge in [-0.1, -0.05) is 15.9 Å². The van der Waals surface area contributed by atoms with Crippen LogP contribution in [0.5, 0.6) is 0 Å². The lowest BCUT2D eigenvalue weighted by Gasteiger charge is -2.33. The van der Waals surface area contributed by atoms with Crippen LogP contribution in [0.2, 0.25) is 0 Å². The van der Waals surface area contributed by atoms with E-state index < -0.39 is 6.09 Å². The number of likely N-dealkylation sites (tertiary alicyclic amines) is 1. The third kappa shape index (κ3) is 2.87. The fourth-order valence-corrected chi connectivity index (χ4v) is 1.87. The highest BCUT2D eigenvalue weighted by molar-refractivity contribution is 9.09. The lowest BCUT2D eigenvalue weighted by atomic mass is 10.1. The van der Waals surface area contributed by atoms with E-state index >= 15 is 0 Å². The zero-order valence-electron chi connectivity index (χ0n) is 7.77. The molecule has 0 aromatic carbocycles. The van der Waals surface area contributed by atoms with Crippen LogP contribution in [0.3, 0.4) is 0 Å². The molecule has 1 heterocycles. The SMILES string of the molecule is CC(=O)OC1CN(C(=O)O)CCC1Br. The number of carbonyl (C=O) groups is 2. The number of halogens is 1. The second kappa shape index (κ2) is 4.63. The number of piperidine rings is 1. The highest BCUT2D eigenvalue weighted by Crippen LogP contribution is 2.21. The zero-order chi connectivity index (χ0) is 10.7. The summed E-state index contributed by atoms with van der Waals surface area (Å²) in [6.45, 7) is 2.03. The third-order valence-electron chi connectivity index (χ3n) is 2.07. The van der Waals surface area contributed by atoms with Crippen LogP contribution in [-0.4, -0.2) is 46.1 Å². The van der Waals surface area contributed by atoms with Crippen molar-refractivity contribution < 1.29 is 19.4 Å². The van der Waals surface area contributed by atoms with Gasteiger partial charge in [0, 0.05) is 13.5 Å². The summed E-state index contributed by atoms with van der Waals surface area (Å²) in [5.74, 6) is -0.383. The molecule has 0 spiro atoms. The van der Waals surface area contributed by atoms with Crippen LogP contribution >= 0.6 is 15.9 Å². The Bertz CT molecular complexity index is 245. The van der Waals surface area contributed by atoms with E-state index in [2.05, 4.69) is 15.9 Å². The summed E-state index contributed by atoms with van der Waals surface area (Å²) < 4.78 is 4.99. The van der Waals surface area contributed by atoms with Gasteiger partial charge in [-0.15, -0.1) is 0 Å². The number of amides is 1. The van der Waals surface area contributed by atoms with Crippen molar-refractivity contribution in [2.24, 2.45) is 0 Å². The van der Waals surface area contributed by atoms with Gasteiger partial charge in [0.2, 0.25) is 0 Å². The van der Waals surface area contributed by atoms with Crippen molar-refractivity contribution in [3.8, 4) is 0 Å². The Hall–Kier alpha value is -0.780. The molecule has 0 aromatic rings. The van der Waals surface area contributed by atoms with E-state index in [1.165, 1.54) is 11.8 Å². The van der Waals surface area contributed by atoms with Crippen molar-refractivity contribution >= 4 is 28.0 Å². The first-order chi connectivity index (χ1) is 6.50. The van der Waals surface area contributed by atoms with Crippen LogP contribution in [0, 0.1) is 0 Å². The van der Waals surface area contributed by atoms with Gasteiger partial charge in [-0.2, -0.15) is 0 Å². The fraction of sp³-hybridized carbons (Fsp3) is 0.750. The molecule has 0 radical (unpaired) electrons. The highest BCUT2D eigenvalue weighted by atomic mass is 79.9. The number of carbonyl (C=O) groups excluding carboxylic acids is 1. The molecule has 80 valence electrons. The lowest BCUT2D eigenvalue weighted by Crippen LogP contribution is -2.48. The van der Waals surface area contributed by atoms with Crippen molar-refractivity contribution in [1.82, 2.24) is 4.90 Å². The number of nitrogens with zero attached hydrogens (tertiary/aromatic N) is 1. The number of hydrogen-bond donors (Lipinski definition) is 1. The molecule has 1 amide bonds. The maximum Gasteiger partial charge on any atom is 0.407 e. The molecule has 0 aliphatic carbocycles. The number of hydrogen-bond acceptors (Lipinski definition) is 3. The van der Waals surface area contributed by atoms with Gasteiger partial charge >= 0.3 is 12.1 Å². The Labute approximate surface area is 90.1 Å². The minimum absolute atomic E-state index is 0.0435. The summed E-state index contributed by atoms with van der Waals surface area (Å²) in [5.41, 5.74) is 0. The molecule has 1 fully saturated rings. The number of ether oxygens (including phenoxy) is 1. The summed E-state index contributed by atoms with van der Waals surface area (Å²) >= 11 is 3.36. The fourth-order valence-electron chi connectivity index (χ4n) is 1.39. The summed E-state index contributed by atoms with van der Waals surface area (Å²) in [6, 6.07) is 0. The Balaban J connectivity index is 2.55. The van der Waals surface area contributed by atoms with Crippen molar-refractivity contribution in [3.05, 3.63) is 0 Å². The van der Waals surface area contributed by atoms with Crippen molar-refractivity contribution in [2.75, 3.05) is 13.1 Å². The Morgan fingerprint density at radius 2 is 2.21 bits per heavy atom. The first-order valence-corrected chi connectivity index (χ1v) is 5.21. The van der Waals surface area contributed by atoms with Gasteiger partial charge < -0.3 is 14.7 Å². The van der Waals surface area contributed by atoms with E-state index in [9.17, 15) is 9.59 Å². The number of rotatable bonds is 1. The number of alkyl halides is 1. The van der Waals surface area contributed by atoms with E-state index in [1.807, 2.05) is 0 Å². The number of esters is 1. The van der Waals surface area contributed by atoms with Crippen molar-refractivity contribution in [2.45, 2.75) is 24.3 Å². The second-order valence-corrected chi connectivity index (χ2v) is 4.36. The maximum absolute atomic E-state index is 10.7. The molecule has 0 saturated carbocycles. The standard InChI is InChI=1S/C8H12BrNO4/c1-5(11)14-7-4-10(8(12)13)3-2-6(7)9/h6-7H,2-4H2,1H3,(H,12,13). The van der Waals surface area contributed by atoms with Gasteiger partial charge in [-0.3, -0.25) is 4.79 Å². The maximum atomic E-state index is 10.7. The van der Waals surface area contributed by atoms with Crippen LogP contribution in [0.1, 0.15) is 13.3 Å². The molecule has 1 aliphatic rings. The Morgan fingerprint density at radius 1 is 1.57 bits per heavy atom. The average Bonchev–Trinajstić information content (AvgIpc) is 2.07. The van der Waals surface area contributed by atoms with E-state index in [1.54, 1.807) is 0 Å². The van der Waals surface area contributed by atoms with Crippen LogP contribution in [0.15, 0.2) is 0 Å². The minimum atomic E-state index is -0.971. The second-order valence-electron chi connectivity index (χ2n) is 3.18. The molecule has 0 bridgehead atoms. The largest absolute Gasteiger partial charge is 0.465 e. The summed E-state index contributed by atoms with van der Waals surface area (Å²) in [6.07, 6.45) is -0.691. The third-order valence-corrected chi connectivity index (χ3v) is 3.11. The quantitative estimate of drug-likeness (QED) is 0.569. The van der Waals surface area contributed by atoms with E-state index in [4.69, 9.17) is 9.84 Å². The molecule has 2 unspecified atom stereocenters. The summed E-state index contributed by atoms with van der Waals surface area (Å²) in [7, 11) is 0. The van der Waals surface area contributed by atoms with Gasteiger partial charge in [0.05, 0.1) is 11.4 Å². The number of carboxylic acid groups (broad SMARTS) is 1. The van der Waals surface area contributed by atoms with Crippen LogP contribution in [0.25, 0.3) is 0 Å². The van der Waals surface area contributed by atoms with E-state index in [0.717, 1.165) is 0 Å². The van der Waals surface area contributed by atoms with Gasteiger partial charge in [-0.05, 0) is 6.42 Å². The van der Waals surface area contributed by atoms with Gasteiger partial charge in [0.25, 0.3) is 0 Å². The Kier molecular flexibility index (Phi) is 3.74. The molecular formula is C8H12BrNO4. The molecule has 2 atom stereocenters. The van der Waals surface area contributed by atoms with Crippen LogP contribution < -0.4 is 0 Å². The molecule has 1 aliphatic heterocycles. The molecule has 14 heavy (non-hydrogen) atoms. The first kappa shape index (κ1) is 11.3. The van der Waals surface area contributed by atoms with Gasteiger partial charge in [-0.25, -0.2) is 4.79 Å². The zero-order valence-corrected chi connectivity index (χ0v) is 9.36. The Morgan fingerprint density at radius 3 is 2.71 bits per heavy atom. The van der Waals surface area contributed by atoms with E-state index in [0.29, 0.717) is 13.0 Å². The predicted molar refractivity (Wildman–Crippen MR) is 52.5 cm³/mol. The molecule has 1 N–H and O–H groups in total. The monoisotopic (exact) mass is 265 g/mol. The van der Waals surface area contributed by atoms with E-state index in [-0.39, 0.29) is 23.4 Å². The smallest absolute Gasteiger partial charge is 0.407 e. The highest BCUT2D eigenvalue weighted by Gasteiger charge is 2.31. The van der Waals surface area contributed by atoms with Crippen molar-refractivity contribution in [3.63, 3.8) is 0 Å².